The van der Waals surface area contributed by atoms with Crippen LogP contribution in [0.3, 0.4) is 0 Å². The van der Waals surface area contributed by atoms with E-state index in [1.165, 1.54) is 0 Å². The van der Waals surface area contributed by atoms with E-state index in [0.29, 0.717) is 6.42 Å². The van der Waals surface area contributed by atoms with Crippen LogP contribution in [0.15, 0.2) is 0 Å². The summed E-state index contributed by atoms with van der Waals surface area (Å²) in [6, 6.07) is 0. The predicted octanol–water partition coefficient (Wildman–Crippen LogP) is 2.30. The molecule has 0 aromatic carbocycles. The van der Waals surface area contributed by atoms with Crippen LogP contribution in [-0.4, -0.2) is 23.3 Å². The van der Waals surface area contributed by atoms with Gasteiger partial charge in [0.2, 0.25) is 0 Å². The van der Waals surface area contributed by atoms with E-state index < -0.39 is 5.97 Å². The van der Waals surface area contributed by atoms with Crippen LogP contribution in [-0.2, 0) is 9.53 Å². The highest BCUT2D eigenvalue weighted by atomic mass is 16.6. The number of carbonyl (C=O) groups is 1. The largest absolute Gasteiger partial charge is 0.481 e. The predicted molar refractivity (Wildman–Crippen MR) is 54.1 cm³/mol. The van der Waals surface area contributed by atoms with Crippen molar-refractivity contribution in [1.29, 1.82) is 0 Å². The maximum Gasteiger partial charge on any atom is 0.306 e. The van der Waals surface area contributed by atoms with Gasteiger partial charge in [-0.25, -0.2) is 0 Å². The highest BCUT2D eigenvalue weighted by Crippen LogP contribution is 2.33. The van der Waals surface area contributed by atoms with Gasteiger partial charge >= 0.3 is 5.97 Å². The Morgan fingerprint density at radius 2 is 2.00 bits per heavy atom. The number of ether oxygens (including phenoxy) is 1. The Morgan fingerprint density at radius 3 is 2.29 bits per heavy atom. The molecule has 1 saturated heterocycles. The third-order valence-corrected chi connectivity index (χ3v) is 2.56. The molecule has 1 heterocycles. The van der Waals surface area contributed by atoms with Crippen LogP contribution in [0.1, 0.15) is 40.5 Å². The molecule has 0 aromatic heterocycles. The van der Waals surface area contributed by atoms with Gasteiger partial charge in [0.1, 0.15) is 0 Å². The Kier molecular flexibility index (Phi) is 3.20. The Hall–Kier alpha value is -0.570. The molecule has 1 N–H and O–H groups in total. The summed E-state index contributed by atoms with van der Waals surface area (Å²) < 4.78 is 5.25. The van der Waals surface area contributed by atoms with Crippen LogP contribution in [0, 0.1) is 11.3 Å². The fourth-order valence-corrected chi connectivity index (χ4v) is 1.77. The Morgan fingerprint density at radius 1 is 1.50 bits per heavy atom. The van der Waals surface area contributed by atoms with Gasteiger partial charge in [-0.2, -0.15) is 0 Å². The summed E-state index contributed by atoms with van der Waals surface area (Å²) in [4.78, 5) is 11.0. The van der Waals surface area contributed by atoms with Crippen molar-refractivity contribution in [2.45, 2.75) is 52.7 Å². The molecule has 0 aliphatic carbocycles. The topological polar surface area (TPSA) is 49.8 Å². The first kappa shape index (κ1) is 11.5. The summed E-state index contributed by atoms with van der Waals surface area (Å²) >= 11 is 0. The molecule has 0 radical (unpaired) electrons. The Balaban J connectivity index is 2.43. The van der Waals surface area contributed by atoms with Crippen LogP contribution in [0.4, 0.5) is 0 Å². The van der Waals surface area contributed by atoms with Crippen LogP contribution in [0.25, 0.3) is 0 Å². The number of carboxylic acids is 1. The molecule has 1 aliphatic heterocycles. The number of rotatable bonds is 4. The van der Waals surface area contributed by atoms with E-state index in [-0.39, 0.29) is 23.5 Å². The summed E-state index contributed by atoms with van der Waals surface area (Å²) in [6.07, 6.45) is 1.82. The fraction of sp³-hybridized carbons (Fsp3) is 0.909. The number of epoxide rings is 1. The highest BCUT2D eigenvalue weighted by molar-refractivity contribution is 5.70. The zero-order chi connectivity index (χ0) is 10.9. The van der Waals surface area contributed by atoms with Crippen LogP contribution >= 0.6 is 0 Å². The summed E-state index contributed by atoms with van der Waals surface area (Å²) in [6.45, 7) is 8.20. The molecule has 82 valence electrons. The zero-order valence-electron chi connectivity index (χ0n) is 9.41. The second kappa shape index (κ2) is 3.89. The van der Waals surface area contributed by atoms with Crippen molar-refractivity contribution in [1.82, 2.24) is 0 Å². The highest BCUT2D eigenvalue weighted by Gasteiger charge is 2.39. The third-order valence-electron chi connectivity index (χ3n) is 2.56. The molecule has 3 nitrogen and oxygen atoms in total. The van der Waals surface area contributed by atoms with Crippen molar-refractivity contribution >= 4 is 5.97 Å². The van der Waals surface area contributed by atoms with E-state index in [1.807, 2.05) is 6.92 Å². The van der Waals surface area contributed by atoms with E-state index in [9.17, 15) is 4.79 Å². The lowest BCUT2D eigenvalue weighted by Crippen LogP contribution is -2.22. The fourth-order valence-electron chi connectivity index (χ4n) is 1.77. The summed E-state index contributed by atoms with van der Waals surface area (Å²) in [7, 11) is 0. The van der Waals surface area contributed by atoms with E-state index in [2.05, 4.69) is 20.8 Å². The molecule has 1 rings (SSSR count). The van der Waals surface area contributed by atoms with Crippen molar-refractivity contribution in [2.75, 3.05) is 0 Å². The summed E-state index contributed by atoms with van der Waals surface area (Å²) in [5.74, 6) is -0.951. The van der Waals surface area contributed by atoms with Crippen LogP contribution in [0.5, 0.6) is 0 Å². The number of hydrogen-bond acceptors (Lipinski definition) is 2. The lowest BCUT2D eigenvalue weighted by Gasteiger charge is -2.22. The second-order valence-electron chi connectivity index (χ2n) is 5.42. The van der Waals surface area contributed by atoms with Gasteiger partial charge in [-0.15, -0.1) is 0 Å². The molecular weight excluding hydrogens is 180 g/mol. The lowest BCUT2D eigenvalue weighted by atomic mass is 9.82. The average Bonchev–Trinajstić information content (AvgIpc) is 2.62. The first-order chi connectivity index (χ1) is 6.29. The SMILES string of the molecule is CC1OC1C[C@H](CC(C)(C)C)C(=O)O. The third kappa shape index (κ3) is 3.66. The molecule has 14 heavy (non-hydrogen) atoms. The van der Waals surface area contributed by atoms with Gasteiger partial charge in [0.15, 0.2) is 0 Å². The standard InChI is InChI=1S/C11H20O3/c1-7-9(14-7)5-8(10(12)13)6-11(2,3)4/h7-9H,5-6H2,1-4H3,(H,12,13)/t7?,8-,9?/m1/s1. The minimum Gasteiger partial charge on any atom is -0.481 e. The monoisotopic (exact) mass is 200 g/mol. The van der Waals surface area contributed by atoms with Crippen molar-refractivity contribution in [3.05, 3.63) is 0 Å². The summed E-state index contributed by atoms with van der Waals surface area (Å²) in [5, 5.41) is 9.04. The maximum absolute atomic E-state index is 11.0. The number of carboxylic acid groups (broad SMARTS) is 1. The van der Waals surface area contributed by atoms with Gasteiger partial charge < -0.3 is 9.84 Å². The minimum atomic E-state index is -0.692. The quantitative estimate of drug-likeness (QED) is 0.708. The smallest absolute Gasteiger partial charge is 0.306 e. The van der Waals surface area contributed by atoms with E-state index >= 15 is 0 Å². The molecule has 0 aromatic rings. The minimum absolute atomic E-state index is 0.0706. The molecular formula is C11H20O3. The van der Waals surface area contributed by atoms with Crippen molar-refractivity contribution in [3.8, 4) is 0 Å². The molecule has 3 atom stereocenters. The van der Waals surface area contributed by atoms with Crippen LogP contribution in [0.2, 0.25) is 0 Å². The molecule has 0 bridgehead atoms. The van der Waals surface area contributed by atoms with Gasteiger partial charge in [0, 0.05) is 0 Å². The van der Waals surface area contributed by atoms with E-state index in [4.69, 9.17) is 9.84 Å². The van der Waals surface area contributed by atoms with Crippen LogP contribution < -0.4 is 0 Å². The van der Waals surface area contributed by atoms with Gasteiger partial charge in [-0.1, -0.05) is 20.8 Å². The second-order valence-corrected chi connectivity index (χ2v) is 5.42. The van der Waals surface area contributed by atoms with Crippen molar-refractivity contribution < 1.29 is 14.6 Å². The molecule has 3 heteroatoms. The zero-order valence-corrected chi connectivity index (χ0v) is 9.41. The first-order valence-electron chi connectivity index (χ1n) is 5.18. The molecule has 0 amide bonds. The van der Waals surface area contributed by atoms with E-state index in [1.54, 1.807) is 0 Å². The molecule has 0 saturated carbocycles. The molecule has 0 spiro atoms. The number of aliphatic carboxylic acids is 1. The van der Waals surface area contributed by atoms with Crippen molar-refractivity contribution in [2.24, 2.45) is 11.3 Å². The lowest BCUT2D eigenvalue weighted by molar-refractivity contribution is -0.143. The average molecular weight is 200 g/mol. The molecule has 1 fully saturated rings. The van der Waals surface area contributed by atoms with Gasteiger partial charge in [-0.05, 0) is 25.2 Å². The van der Waals surface area contributed by atoms with Gasteiger partial charge in [-0.3, -0.25) is 4.79 Å². The molecule has 2 unspecified atom stereocenters. The number of hydrogen-bond donors (Lipinski definition) is 1. The Labute approximate surface area is 85.5 Å². The Bertz CT molecular complexity index is 217. The van der Waals surface area contributed by atoms with Gasteiger partial charge in [0.25, 0.3) is 0 Å². The first-order valence-corrected chi connectivity index (χ1v) is 5.18. The van der Waals surface area contributed by atoms with Gasteiger partial charge in [0.05, 0.1) is 18.1 Å². The van der Waals surface area contributed by atoms with E-state index in [0.717, 1.165) is 6.42 Å². The molecule has 1 aliphatic rings. The maximum atomic E-state index is 11.0. The summed E-state index contributed by atoms with van der Waals surface area (Å²) in [5.41, 5.74) is 0.0706. The van der Waals surface area contributed by atoms with Crippen molar-refractivity contribution in [3.63, 3.8) is 0 Å². The normalized spacial score (nSPS) is 28.6.